The van der Waals surface area contributed by atoms with Gasteiger partial charge < -0.3 is 39.9 Å². The maximum atomic E-state index is 13.9. The number of ether oxygens (including phenoxy) is 2. The summed E-state index contributed by atoms with van der Waals surface area (Å²) in [5.41, 5.74) is 5.24. The minimum absolute atomic E-state index is 0.117. The Labute approximate surface area is 341 Å². The molecule has 1 saturated carbocycles. The number of nitrogens with zero attached hydrogens (tertiary/aromatic N) is 4. The molecule has 0 spiro atoms. The number of carbonyl (C=O) groups is 4. The first-order valence-electron chi connectivity index (χ1n) is 20.0. The second-order valence-corrected chi connectivity index (χ2v) is 16.7. The number of rotatable bonds is 10. The lowest BCUT2D eigenvalue weighted by atomic mass is 9.99. The van der Waals surface area contributed by atoms with Gasteiger partial charge in [-0.3, -0.25) is 9.59 Å². The van der Waals surface area contributed by atoms with E-state index in [-0.39, 0.29) is 41.8 Å². The highest BCUT2D eigenvalue weighted by Crippen LogP contribution is 2.54. The number of H-pyrrole nitrogens is 2. The van der Waals surface area contributed by atoms with Crippen molar-refractivity contribution >= 4 is 57.4 Å². The SMILES string of the molecule is COC(=O)N[C@H](C(=O)N1CCC[C@H]1c1nc2c(ccc3cc(-c4ccc(-c5nc([C@@H]6CC7C[C@H]7N6C(=O)[C@@H](NC(=O)OC)C(C)C)[nH]c5Cl)cc4)ccc32)[nH]1)C(C)C. The summed E-state index contributed by atoms with van der Waals surface area (Å²) in [4.78, 5) is 72.1. The number of alkyl carbamates (subject to hydrolysis) is 2. The third kappa shape index (κ3) is 7.22. The zero-order valence-corrected chi connectivity index (χ0v) is 34.2. The number of methoxy groups -OCH3 is 2. The molecule has 4 amide bonds. The van der Waals surface area contributed by atoms with E-state index in [9.17, 15) is 19.2 Å². The predicted octanol–water partition coefficient (Wildman–Crippen LogP) is 7.51. The number of hydrogen-bond acceptors (Lipinski definition) is 8. The maximum absolute atomic E-state index is 13.9. The molecule has 0 radical (unpaired) electrons. The van der Waals surface area contributed by atoms with Crippen molar-refractivity contribution in [1.82, 2.24) is 40.4 Å². The normalized spacial score (nSPS) is 21.1. The van der Waals surface area contributed by atoms with Crippen molar-refractivity contribution in [1.29, 1.82) is 0 Å². The van der Waals surface area contributed by atoms with Crippen molar-refractivity contribution in [2.75, 3.05) is 20.8 Å². The number of likely N-dealkylation sites (tertiary alicyclic amines) is 2. The highest BCUT2D eigenvalue weighted by atomic mass is 35.5. The minimum Gasteiger partial charge on any atom is -0.453 e. The minimum atomic E-state index is -0.716. The third-order valence-electron chi connectivity index (χ3n) is 12.0. The molecule has 1 aliphatic carbocycles. The van der Waals surface area contributed by atoms with Gasteiger partial charge in [0.05, 0.1) is 37.3 Å². The fraction of sp³-hybridized carbons (Fsp3) is 0.442. The summed E-state index contributed by atoms with van der Waals surface area (Å²) >= 11 is 6.78. The molecule has 2 aliphatic heterocycles. The van der Waals surface area contributed by atoms with Gasteiger partial charge in [0.25, 0.3) is 0 Å². The van der Waals surface area contributed by atoms with Crippen LogP contribution in [-0.4, -0.2) is 92.6 Å². The summed E-state index contributed by atoms with van der Waals surface area (Å²) in [6.07, 6.45) is 2.07. The number of carbonyl (C=O) groups excluding carboxylic acids is 4. The van der Waals surface area contributed by atoms with Crippen LogP contribution in [0.1, 0.15) is 77.1 Å². The van der Waals surface area contributed by atoms with Gasteiger partial charge in [0.1, 0.15) is 34.6 Å². The number of benzene rings is 3. The fourth-order valence-electron chi connectivity index (χ4n) is 8.77. The van der Waals surface area contributed by atoms with Crippen molar-refractivity contribution in [3.05, 3.63) is 71.4 Å². The Hall–Kier alpha value is -5.63. The number of imidazole rings is 2. The molecule has 6 atom stereocenters. The molecule has 3 aliphatic rings. The van der Waals surface area contributed by atoms with Crippen LogP contribution in [0.25, 0.3) is 44.2 Å². The Kier molecular flexibility index (Phi) is 10.6. The lowest BCUT2D eigenvalue weighted by molar-refractivity contribution is -0.137. The number of piperidine rings is 1. The van der Waals surface area contributed by atoms with E-state index in [4.69, 9.17) is 31.0 Å². The zero-order valence-electron chi connectivity index (χ0n) is 33.5. The van der Waals surface area contributed by atoms with E-state index in [1.165, 1.54) is 14.2 Å². The monoisotopic (exact) mass is 808 g/mol. The molecule has 5 aromatic rings. The summed E-state index contributed by atoms with van der Waals surface area (Å²) in [6, 6.07) is 16.7. The summed E-state index contributed by atoms with van der Waals surface area (Å²) in [7, 11) is 2.58. The van der Waals surface area contributed by atoms with Gasteiger partial charge in [-0.2, -0.15) is 0 Å². The van der Waals surface area contributed by atoms with Gasteiger partial charge in [0, 0.05) is 23.5 Å². The molecule has 8 rings (SSSR count). The van der Waals surface area contributed by atoms with Crippen molar-refractivity contribution in [2.24, 2.45) is 17.8 Å². The maximum Gasteiger partial charge on any atom is 0.407 e. The van der Waals surface area contributed by atoms with Crippen molar-refractivity contribution < 1.29 is 28.7 Å². The Morgan fingerprint density at radius 2 is 1.41 bits per heavy atom. The van der Waals surface area contributed by atoms with E-state index in [1.807, 2.05) is 67.8 Å². The van der Waals surface area contributed by atoms with Crippen LogP contribution in [0.4, 0.5) is 9.59 Å². The van der Waals surface area contributed by atoms with E-state index in [2.05, 4.69) is 44.9 Å². The Morgan fingerprint density at radius 3 is 2.09 bits per heavy atom. The zero-order chi connectivity index (χ0) is 41.0. The Morgan fingerprint density at radius 1 is 0.776 bits per heavy atom. The first-order chi connectivity index (χ1) is 27.9. The Balaban J connectivity index is 1.00. The van der Waals surface area contributed by atoms with E-state index in [1.54, 1.807) is 0 Å². The molecule has 14 nitrogen and oxygen atoms in total. The number of amides is 4. The molecular formula is C43H49ClN8O6. The van der Waals surface area contributed by atoms with Crippen LogP contribution in [0.3, 0.4) is 0 Å². The molecule has 4 heterocycles. The van der Waals surface area contributed by atoms with E-state index in [0.29, 0.717) is 29.1 Å². The predicted molar refractivity (Wildman–Crippen MR) is 220 cm³/mol. The van der Waals surface area contributed by atoms with Gasteiger partial charge in [-0.15, -0.1) is 0 Å². The number of nitrogens with one attached hydrogen (secondary N) is 4. The lowest BCUT2D eigenvalue weighted by Crippen LogP contribution is -2.52. The molecule has 3 fully saturated rings. The van der Waals surface area contributed by atoms with Gasteiger partial charge in [-0.05, 0) is 72.1 Å². The number of fused-ring (bicyclic) bond motifs is 4. The standard InChI is InChI=1S/C43H49ClN8O6/c1-21(2)33(48-42(55)57-5)40(53)51-17-7-8-30(51)38-45-29-16-14-26-18-25(13-15-28(26)36(29)47-38)23-9-11-24(12-10-23)35-37(44)50-39(46-35)32-20-27-19-31(27)52(32)41(54)34(22(3)4)49-43(56)58-6/h9-16,18,21-22,27,30-34H,7-8,17,19-20H2,1-6H3,(H,45,47)(H,46,50)(H,48,55)(H,49,56)/t27?,30-,31+,32-,33-,34-/m0/s1. The van der Waals surface area contributed by atoms with Crippen molar-refractivity contribution in [3.63, 3.8) is 0 Å². The molecule has 1 unspecified atom stereocenters. The molecule has 15 heteroatoms. The average molecular weight is 809 g/mol. The van der Waals surface area contributed by atoms with Gasteiger partial charge in [0.2, 0.25) is 11.8 Å². The molecule has 3 aromatic carbocycles. The second-order valence-electron chi connectivity index (χ2n) is 16.3. The van der Waals surface area contributed by atoms with Crippen LogP contribution >= 0.6 is 11.6 Å². The number of aromatic amines is 2. The molecule has 0 bridgehead atoms. The number of hydrogen-bond donors (Lipinski definition) is 4. The highest BCUT2D eigenvalue weighted by molar-refractivity contribution is 6.32. The van der Waals surface area contributed by atoms with Gasteiger partial charge in [0.15, 0.2) is 0 Å². The van der Waals surface area contributed by atoms with E-state index < -0.39 is 24.3 Å². The molecule has 58 heavy (non-hydrogen) atoms. The largest absolute Gasteiger partial charge is 0.453 e. The van der Waals surface area contributed by atoms with Gasteiger partial charge in [-0.1, -0.05) is 81.8 Å². The summed E-state index contributed by atoms with van der Waals surface area (Å²) in [5, 5.41) is 7.86. The third-order valence-corrected chi connectivity index (χ3v) is 12.2. The van der Waals surface area contributed by atoms with E-state index in [0.717, 1.165) is 70.0 Å². The van der Waals surface area contributed by atoms with Crippen molar-refractivity contribution in [2.45, 2.75) is 83.6 Å². The summed E-state index contributed by atoms with van der Waals surface area (Å²) < 4.78 is 9.58. The number of halogens is 1. The average Bonchev–Trinajstić information content (AvgIpc) is 3.66. The quantitative estimate of drug-likeness (QED) is 0.112. The molecule has 4 N–H and O–H groups in total. The number of aromatic nitrogens is 4. The molecule has 2 aromatic heterocycles. The smallest absolute Gasteiger partial charge is 0.407 e. The highest BCUT2D eigenvalue weighted by Gasteiger charge is 2.56. The van der Waals surface area contributed by atoms with Crippen LogP contribution in [0.15, 0.2) is 54.6 Å². The molecule has 2 saturated heterocycles. The Bertz CT molecular complexity index is 2390. The van der Waals surface area contributed by atoms with Gasteiger partial charge >= 0.3 is 12.2 Å². The fourth-order valence-corrected chi connectivity index (χ4v) is 9.02. The van der Waals surface area contributed by atoms with Crippen LogP contribution in [0.2, 0.25) is 5.15 Å². The van der Waals surface area contributed by atoms with Crippen LogP contribution < -0.4 is 10.6 Å². The van der Waals surface area contributed by atoms with Crippen LogP contribution in [0.5, 0.6) is 0 Å². The summed E-state index contributed by atoms with van der Waals surface area (Å²) in [5.74, 6) is 1.23. The first kappa shape index (κ1) is 39.2. The topological polar surface area (TPSA) is 175 Å². The van der Waals surface area contributed by atoms with E-state index >= 15 is 0 Å². The first-order valence-corrected chi connectivity index (χ1v) is 20.3. The van der Waals surface area contributed by atoms with Crippen molar-refractivity contribution in [3.8, 4) is 22.4 Å². The second kappa shape index (κ2) is 15.6. The van der Waals surface area contributed by atoms with Gasteiger partial charge in [-0.25, -0.2) is 19.6 Å². The lowest BCUT2D eigenvalue weighted by Gasteiger charge is -2.31. The molecular weight excluding hydrogens is 760 g/mol. The van der Waals surface area contributed by atoms with Crippen LogP contribution in [-0.2, 0) is 19.1 Å². The summed E-state index contributed by atoms with van der Waals surface area (Å²) in [6.45, 7) is 8.19. The van der Waals surface area contributed by atoms with Crippen LogP contribution in [0, 0.1) is 17.8 Å². The molecule has 304 valence electrons.